The number of aryl methyl sites for hydroxylation is 2. The van der Waals surface area contributed by atoms with Crippen molar-refractivity contribution >= 4 is 21.7 Å². The highest BCUT2D eigenvalue weighted by molar-refractivity contribution is 9.09. The fraction of sp³-hybridized carbons (Fsp3) is 0.692. The molecule has 94 valence electrons. The van der Waals surface area contributed by atoms with Crippen molar-refractivity contribution in [3.8, 4) is 0 Å². The minimum absolute atomic E-state index is 0.575. The minimum atomic E-state index is 0.575. The third kappa shape index (κ3) is 3.18. The van der Waals surface area contributed by atoms with E-state index >= 15 is 0 Å². The Bertz CT molecular complexity index is 361. The molecule has 2 heterocycles. The molecule has 0 aliphatic carbocycles. The maximum Gasteiger partial charge on any atom is 0.132 e. The number of nitrogens with zero attached hydrogens (tertiary/aromatic N) is 3. The van der Waals surface area contributed by atoms with Crippen LogP contribution in [0, 0.1) is 13.8 Å². The lowest BCUT2D eigenvalue weighted by Gasteiger charge is -2.30. The van der Waals surface area contributed by atoms with Crippen LogP contribution in [0.15, 0.2) is 6.07 Å². The summed E-state index contributed by atoms with van der Waals surface area (Å²) in [6.07, 6.45) is 5.19. The number of alkyl halides is 1. The molecule has 1 fully saturated rings. The van der Waals surface area contributed by atoms with Crippen LogP contribution in [0.4, 0.5) is 5.82 Å². The number of rotatable bonds is 2. The fourth-order valence-electron chi connectivity index (χ4n) is 2.48. The first-order valence-corrected chi connectivity index (χ1v) is 7.48. The van der Waals surface area contributed by atoms with E-state index < -0.39 is 0 Å². The maximum absolute atomic E-state index is 4.59. The van der Waals surface area contributed by atoms with Crippen LogP contribution in [-0.4, -0.2) is 27.9 Å². The zero-order chi connectivity index (χ0) is 12.3. The average Bonchev–Trinajstić information content (AvgIpc) is 2.52. The molecule has 3 nitrogen and oxygen atoms in total. The molecule has 1 unspecified atom stereocenters. The second kappa shape index (κ2) is 5.80. The quantitative estimate of drug-likeness (QED) is 0.785. The monoisotopic (exact) mass is 297 g/mol. The largest absolute Gasteiger partial charge is 0.353 e. The van der Waals surface area contributed by atoms with Gasteiger partial charge in [0, 0.05) is 29.7 Å². The van der Waals surface area contributed by atoms with E-state index in [-0.39, 0.29) is 0 Å². The lowest BCUT2D eigenvalue weighted by Crippen LogP contribution is -2.37. The smallest absolute Gasteiger partial charge is 0.132 e. The Morgan fingerprint density at radius 1 is 1.29 bits per heavy atom. The molecule has 2 rings (SSSR count). The summed E-state index contributed by atoms with van der Waals surface area (Å²) in [4.78, 5) is 11.4. The van der Waals surface area contributed by atoms with E-state index in [9.17, 15) is 0 Å². The molecule has 1 saturated heterocycles. The van der Waals surface area contributed by atoms with Gasteiger partial charge >= 0.3 is 0 Å². The van der Waals surface area contributed by atoms with Crippen molar-refractivity contribution in [3.63, 3.8) is 0 Å². The van der Waals surface area contributed by atoms with Gasteiger partial charge in [0.15, 0.2) is 0 Å². The molecule has 1 aliphatic heterocycles. The van der Waals surface area contributed by atoms with Gasteiger partial charge in [0.05, 0.1) is 0 Å². The molecule has 1 aromatic heterocycles. The molecule has 0 radical (unpaired) electrons. The fourth-order valence-corrected chi connectivity index (χ4v) is 3.16. The summed E-state index contributed by atoms with van der Waals surface area (Å²) in [6, 6.07) is 2.68. The molecule has 4 heteroatoms. The third-order valence-corrected chi connectivity index (χ3v) is 4.05. The van der Waals surface area contributed by atoms with Crippen molar-refractivity contribution < 1.29 is 0 Å². The van der Waals surface area contributed by atoms with Gasteiger partial charge in [-0.05, 0) is 26.7 Å². The van der Waals surface area contributed by atoms with Gasteiger partial charge in [0.1, 0.15) is 11.6 Å². The van der Waals surface area contributed by atoms with Crippen molar-refractivity contribution in [2.75, 3.05) is 16.8 Å². The molecule has 1 aromatic rings. The summed E-state index contributed by atoms with van der Waals surface area (Å²) in [6.45, 7) is 5.13. The molecule has 0 bridgehead atoms. The Labute approximate surface area is 112 Å². The van der Waals surface area contributed by atoms with Gasteiger partial charge in [-0.2, -0.15) is 0 Å². The summed E-state index contributed by atoms with van der Waals surface area (Å²) in [5.74, 6) is 1.97. The molecular weight excluding hydrogens is 278 g/mol. The summed E-state index contributed by atoms with van der Waals surface area (Å²) in [5.41, 5.74) is 1.06. The molecule has 0 saturated carbocycles. The normalized spacial score (nSPS) is 21.4. The van der Waals surface area contributed by atoms with Crippen LogP contribution in [0.5, 0.6) is 0 Å². The van der Waals surface area contributed by atoms with E-state index in [0.29, 0.717) is 6.04 Å². The molecule has 1 aliphatic rings. The molecule has 0 aromatic carbocycles. The first kappa shape index (κ1) is 12.8. The van der Waals surface area contributed by atoms with E-state index in [1.807, 2.05) is 13.8 Å². The Hall–Kier alpha value is -0.640. The number of halogens is 1. The first-order valence-electron chi connectivity index (χ1n) is 6.35. The highest BCUT2D eigenvalue weighted by Crippen LogP contribution is 2.24. The summed E-state index contributed by atoms with van der Waals surface area (Å²) in [5, 5.41) is 1.02. The number of hydrogen-bond donors (Lipinski definition) is 0. The molecule has 17 heavy (non-hydrogen) atoms. The third-order valence-electron chi connectivity index (χ3n) is 3.30. The Kier molecular flexibility index (Phi) is 4.37. The van der Waals surface area contributed by atoms with E-state index in [1.165, 1.54) is 25.7 Å². The Morgan fingerprint density at radius 3 is 2.82 bits per heavy atom. The zero-order valence-corrected chi connectivity index (χ0v) is 12.2. The van der Waals surface area contributed by atoms with Crippen LogP contribution in [0.1, 0.15) is 37.2 Å². The minimum Gasteiger partial charge on any atom is -0.353 e. The van der Waals surface area contributed by atoms with Crippen LogP contribution in [0.2, 0.25) is 0 Å². The predicted octanol–water partition coefficient (Wildman–Crippen LogP) is 3.24. The van der Waals surface area contributed by atoms with Crippen LogP contribution in [0.25, 0.3) is 0 Å². The van der Waals surface area contributed by atoms with Crippen LogP contribution >= 0.6 is 15.9 Å². The van der Waals surface area contributed by atoms with Crippen molar-refractivity contribution in [3.05, 3.63) is 17.6 Å². The van der Waals surface area contributed by atoms with Gasteiger partial charge in [-0.1, -0.05) is 28.8 Å². The van der Waals surface area contributed by atoms with E-state index in [0.717, 1.165) is 29.2 Å². The van der Waals surface area contributed by atoms with Crippen LogP contribution in [-0.2, 0) is 0 Å². The van der Waals surface area contributed by atoms with Crippen LogP contribution in [0.3, 0.4) is 0 Å². The second-order valence-corrected chi connectivity index (χ2v) is 5.41. The number of anilines is 1. The molecule has 1 atom stereocenters. The first-order chi connectivity index (χ1) is 8.20. The van der Waals surface area contributed by atoms with Crippen molar-refractivity contribution in [1.29, 1.82) is 0 Å². The van der Waals surface area contributed by atoms with Gasteiger partial charge in [-0.25, -0.2) is 9.97 Å². The lowest BCUT2D eigenvalue weighted by atomic mass is 10.1. The van der Waals surface area contributed by atoms with Gasteiger partial charge in [-0.3, -0.25) is 0 Å². The molecule has 0 N–H and O–H groups in total. The maximum atomic E-state index is 4.59. The van der Waals surface area contributed by atoms with Crippen molar-refractivity contribution in [2.45, 2.75) is 45.6 Å². The number of hydrogen-bond acceptors (Lipinski definition) is 3. The lowest BCUT2D eigenvalue weighted by molar-refractivity contribution is 0.620. The Balaban J connectivity index is 2.27. The van der Waals surface area contributed by atoms with Crippen molar-refractivity contribution in [1.82, 2.24) is 9.97 Å². The highest BCUT2D eigenvalue weighted by Gasteiger charge is 2.21. The second-order valence-electron chi connectivity index (χ2n) is 4.77. The van der Waals surface area contributed by atoms with Gasteiger partial charge in [-0.15, -0.1) is 0 Å². The highest BCUT2D eigenvalue weighted by atomic mass is 79.9. The van der Waals surface area contributed by atoms with Gasteiger partial charge in [0.2, 0.25) is 0 Å². The average molecular weight is 298 g/mol. The predicted molar refractivity (Wildman–Crippen MR) is 74.9 cm³/mol. The topological polar surface area (TPSA) is 29.0 Å². The summed E-state index contributed by atoms with van der Waals surface area (Å²) in [7, 11) is 0. The SMILES string of the molecule is Cc1cc(N2CCCCCC2CBr)nc(C)n1. The molecular formula is C13H20BrN3. The van der Waals surface area contributed by atoms with Gasteiger partial charge < -0.3 is 4.90 Å². The number of aromatic nitrogens is 2. The van der Waals surface area contributed by atoms with E-state index in [2.05, 4.69) is 36.9 Å². The van der Waals surface area contributed by atoms with Gasteiger partial charge in [0.25, 0.3) is 0 Å². The Morgan fingerprint density at radius 2 is 2.12 bits per heavy atom. The standard InChI is InChI=1S/C13H20BrN3/c1-10-8-13(16-11(2)15-10)17-7-5-3-4-6-12(17)9-14/h8,12H,3-7,9H2,1-2H3. The van der Waals surface area contributed by atoms with Crippen molar-refractivity contribution in [2.24, 2.45) is 0 Å². The summed E-state index contributed by atoms with van der Waals surface area (Å²) < 4.78 is 0. The molecule has 0 amide bonds. The molecule has 0 spiro atoms. The van der Waals surface area contributed by atoms with E-state index in [4.69, 9.17) is 0 Å². The summed E-state index contributed by atoms with van der Waals surface area (Å²) >= 11 is 3.64. The van der Waals surface area contributed by atoms with Crippen LogP contribution < -0.4 is 4.90 Å². The zero-order valence-electron chi connectivity index (χ0n) is 10.6. The van der Waals surface area contributed by atoms with E-state index in [1.54, 1.807) is 0 Å².